The molecule has 3 saturated heterocycles. The van der Waals surface area contributed by atoms with E-state index in [1.165, 1.54) is 4.90 Å². The minimum Gasteiger partial charge on any atom is -0.445 e. The van der Waals surface area contributed by atoms with Crippen molar-refractivity contribution in [2.24, 2.45) is 0 Å². The van der Waals surface area contributed by atoms with Gasteiger partial charge in [-0.3, -0.25) is 0 Å². The van der Waals surface area contributed by atoms with E-state index in [1.807, 2.05) is 78.9 Å². The highest BCUT2D eigenvalue weighted by Gasteiger charge is 2.55. The predicted octanol–water partition coefficient (Wildman–Crippen LogP) is 1.23. The summed E-state index contributed by atoms with van der Waals surface area (Å²) in [6, 6.07) is 27.7. The molecular formula is C36H43NO13. The molecule has 1 amide bonds. The Morgan fingerprint density at radius 1 is 0.680 bits per heavy atom. The Labute approximate surface area is 289 Å². The number of carbonyl (C=O) groups excluding carboxylic acids is 1. The molecule has 3 fully saturated rings. The number of hydrogen-bond donors (Lipinski definition) is 5. The SMILES string of the molecule is O=C(OCc1ccccc1)N(CCO[C@@H]1O[C@H](CO)[C@@H](O[C@@H]2O[C@H](CO)[C@@H]3OC(c4ccccc4)O[C@@H]3[C@H]2O)[C@H](O)[C@H]1O)Cc1ccccc1. The minimum atomic E-state index is -1.65. The zero-order chi connectivity index (χ0) is 35.0. The maximum atomic E-state index is 13.1. The highest BCUT2D eigenvalue weighted by molar-refractivity contribution is 5.67. The molecule has 11 atom stereocenters. The van der Waals surface area contributed by atoms with Gasteiger partial charge in [-0.2, -0.15) is 0 Å². The normalized spacial score (nSPS) is 32.3. The van der Waals surface area contributed by atoms with Crippen LogP contribution in [0.4, 0.5) is 4.79 Å². The summed E-state index contributed by atoms with van der Waals surface area (Å²) in [4.78, 5) is 14.5. The van der Waals surface area contributed by atoms with Crippen molar-refractivity contribution < 1.29 is 63.5 Å². The van der Waals surface area contributed by atoms with Gasteiger partial charge in [-0.1, -0.05) is 91.0 Å². The Balaban J connectivity index is 1.06. The Hall–Kier alpha value is -3.51. The monoisotopic (exact) mass is 697 g/mol. The van der Waals surface area contributed by atoms with Crippen LogP contribution in [-0.4, -0.2) is 124 Å². The lowest BCUT2D eigenvalue weighted by molar-refractivity contribution is -0.353. The summed E-state index contributed by atoms with van der Waals surface area (Å²) in [6.45, 7) is -0.885. The first kappa shape index (κ1) is 36.3. The largest absolute Gasteiger partial charge is 0.445 e. The van der Waals surface area contributed by atoms with Gasteiger partial charge in [0.1, 0.15) is 55.4 Å². The van der Waals surface area contributed by atoms with Crippen LogP contribution in [0.15, 0.2) is 91.0 Å². The number of nitrogens with zero attached hydrogens (tertiary/aromatic N) is 1. The van der Waals surface area contributed by atoms with E-state index in [1.54, 1.807) is 12.1 Å². The zero-order valence-corrected chi connectivity index (χ0v) is 27.2. The third kappa shape index (κ3) is 8.50. The van der Waals surface area contributed by atoms with Crippen LogP contribution < -0.4 is 0 Å². The van der Waals surface area contributed by atoms with Crippen molar-refractivity contribution in [3.05, 3.63) is 108 Å². The average Bonchev–Trinajstić information content (AvgIpc) is 3.61. The minimum absolute atomic E-state index is 0.0498. The van der Waals surface area contributed by atoms with E-state index in [0.717, 1.165) is 11.1 Å². The Morgan fingerprint density at radius 3 is 1.94 bits per heavy atom. The van der Waals surface area contributed by atoms with E-state index < -0.39 is 87.0 Å². The van der Waals surface area contributed by atoms with Crippen LogP contribution in [0.2, 0.25) is 0 Å². The van der Waals surface area contributed by atoms with Crippen molar-refractivity contribution in [1.82, 2.24) is 4.90 Å². The lowest BCUT2D eigenvalue weighted by atomic mass is 9.97. The van der Waals surface area contributed by atoms with Gasteiger partial charge in [0.05, 0.1) is 19.8 Å². The molecule has 14 heteroatoms. The van der Waals surface area contributed by atoms with Crippen LogP contribution in [0.3, 0.4) is 0 Å². The molecule has 270 valence electrons. The number of ether oxygens (including phenoxy) is 7. The van der Waals surface area contributed by atoms with Crippen LogP contribution in [0.1, 0.15) is 23.0 Å². The number of aliphatic hydroxyl groups is 5. The Kier molecular flexibility index (Phi) is 12.4. The van der Waals surface area contributed by atoms with E-state index in [2.05, 4.69) is 0 Å². The number of rotatable bonds is 13. The van der Waals surface area contributed by atoms with Crippen LogP contribution in [0.25, 0.3) is 0 Å². The molecule has 1 unspecified atom stereocenters. The van der Waals surface area contributed by atoms with Crippen molar-refractivity contribution in [2.45, 2.75) is 80.9 Å². The molecule has 50 heavy (non-hydrogen) atoms. The summed E-state index contributed by atoms with van der Waals surface area (Å²) < 4.78 is 40.8. The van der Waals surface area contributed by atoms with Crippen LogP contribution in [-0.2, 0) is 46.3 Å². The number of benzene rings is 3. The van der Waals surface area contributed by atoms with E-state index in [0.29, 0.717) is 5.56 Å². The molecule has 14 nitrogen and oxygen atoms in total. The fraction of sp³-hybridized carbons (Fsp3) is 0.472. The number of aliphatic hydroxyl groups excluding tert-OH is 5. The third-order valence-corrected chi connectivity index (χ3v) is 8.86. The molecule has 0 bridgehead atoms. The molecule has 0 radical (unpaired) electrons. The van der Waals surface area contributed by atoms with E-state index in [4.69, 9.17) is 33.2 Å². The van der Waals surface area contributed by atoms with Gasteiger partial charge in [-0.15, -0.1) is 0 Å². The average molecular weight is 698 g/mol. The number of hydrogen-bond acceptors (Lipinski definition) is 13. The quantitative estimate of drug-likeness (QED) is 0.172. The van der Waals surface area contributed by atoms with Crippen LogP contribution in [0.5, 0.6) is 0 Å². The molecule has 3 heterocycles. The van der Waals surface area contributed by atoms with Gasteiger partial charge in [-0.25, -0.2) is 4.79 Å². The molecule has 0 aromatic heterocycles. The molecule has 0 saturated carbocycles. The molecule has 6 rings (SSSR count). The second kappa shape index (κ2) is 17.1. The first-order valence-electron chi connectivity index (χ1n) is 16.6. The zero-order valence-electron chi connectivity index (χ0n) is 27.2. The van der Waals surface area contributed by atoms with Crippen molar-refractivity contribution in [2.75, 3.05) is 26.4 Å². The molecule has 3 aliphatic rings. The molecule has 3 aromatic rings. The Bertz CT molecular complexity index is 1470. The summed E-state index contributed by atoms with van der Waals surface area (Å²) in [5, 5.41) is 53.5. The number of carbonyl (C=O) groups is 1. The van der Waals surface area contributed by atoms with Gasteiger partial charge in [0.15, 0.2) is 18.9 Å². The van der Waals surface area contributed by atoms with Crippen molar-refractivity contribution in [3.8, 4) is 0 Å². The fourth-order valence-electron chi connectivity index (χ4n) is 6.20. The first-order valence-corrected chi connectivity index (χ1v) is 16.6. The second-order valence-corrected chi connectivity index (χ2v) is 12.3. The van der Waals surface area contributed by atoms with Gasteiger partial charge in [0.2, 0.25) is 0 Å². The highest BCUT2D eigenvalue weighted by Crippen LogP contribution is 2.40. The standard InChI is InChI=1S/C36H43NO13/c38-19-25-30(48-35-29(42)32-31(26(20-39)47-35)49-33(50-32)24-14-8-3-9-15-24)27(40)28(41)34(46-25)44-17-16-37(18-22-10-4-1-5-11-22)36(43)45-21-23-12-6-2-7-13-23/h1-15,25-35,38-42H,16-21H2/t25-,26-,27-,28-,29-,30-,31+,32-,33?,34-,35+/m1/s1. The topological polar surface area (TPSA) is 186 Å². The lowest BCUT2D eigenvalue weighted by Crippen LogP contribution is -2.64. The van der Waals surface area contributed by atoms with E-state index in [9.17, 15) is 30.3 Å². The molecule has 5 N–H and O–H groups in total. The van der Waals surface area contributed by atoms with Gasteiger partial charge >= 0.3 is 6.09 Å². The van der Waals surface area contributed by atoms with E-state index in [-0.39, 0.29) is 26.3 Å². The van der Waals surface area contributed by atoms with Gasteiger partial charge in [0, 0.05) is 18.7 Å². The predicted molar refractivity (Wildman–Crippen MR) is 173 cm³/mol. The molecule has 0 spiro atoms. The molecule has 3 aromatic carbocycles. The molecule has 3 aliphatic heterocycles. The third-order valence-electron chi connectivity index (χ3n) is 8.86. The van der Waals surface area contributed by atoms with Crippen LogP contribution >= 0.6 is 0 Å². The van der Waals surface area contributed by atoms with Crippen LogP contribution in [0, 0.1) is 0 Å². The van der Waals surface area contributed by atoms with Gasteiger partial charge < -0.3 is 63.6 Å². The number of fused-ring (bicyclic) bond motifs is 1. The summed E-state index contributed by atoms with van der Waals surface area (Å²) in [6.07, 6.45) is -14.3. The summed E-state index contributed by atoms with van der Waals surface area (Å²) in [7, 11) is 0. The first-order chi connectivity index (χ1) is 24.4. The summed E-state index contributed by atoms with van der Waals surface area (Å²) in [5.74, 6) is 0. The second-order valence-electron chi connectivity index (χ2n) is 12.3. The smallest absolute Gasteiger partial charge is 0.410 e. The van der Waals surface area contributed by atoms with Crippen molar-refractivity contribution in [3.63, 3.8) is 0 Å². The van der Waals surface area contributed by atoms with Crippen molar-refractivity contribution >= 4 is 6.09 Å². The van der Waals surface area contributed by atoms with Gasteiger partial charge in [0.25, 0.3) is 0 Å². The summed E-state index contributed by atoms with van der Waals surface area (Å²) >= 11 is 0. The van der Waals surface area contributed by atoms with E-state index >= 15 is 0 Å². The highest BCUT2D eigenvalue weighted by atomic mass is 16.8. The van der Waals surface area contributed by atoms with Gasteiger partial charge in [-0.05, 0) is 11.1 Å². The fourth-order valence-corrected chi connectivity index (χ4v) is 6.20. The summed E-state index contributed by atoms with van der Waals surface area (Å²) in [5.41, 5.74) is 2.40. The molecular weight excluding hydrogens is 654 g/mol. The maximum Gasteiger partial charge on any atom is 0.410 e. The Morgan fingerprint density at radius 2 is 1.28 bits per heavy atom. The number of amides is 1. The maximum absolute atomic E-state index is 13.1. The lowest BCUT2D eigenvalue weighted by Gasteiger charge is -2.45. The van der Waals surface area contributed by atoms with Crippen molar-refractivity contribution in [1.29, 1.82) is 0 Å². The molecule has 0 aliphatic carbocycles.